The molecule has 1 aliphatic rings. The van der Waals surface area contributed by atoms with Gasteiger partial charge in [0, 0.05) is 17.3 Å². The van der Waals surface area contributed by atoms with Crippen LogP contribution in [0, 0.1) is 5.92 Å². The monoisotopic (exact) mass is 324 g/mol. The first-order chi connectivity index (χ1) is 11.6. The molecule has 1 saturated carbocycles. The molecule has 5 nitrogen and oxygen atoms in total. The lowest BCUT2D eigenvalue weighted by molar-refractivity contribution is -0.117. The van der Waals surface area contributed by atoms with Crippen LogP contribution in [0.4, 0.5) is 11.4 Å². The minimum absolute atomic E-state index is 0.0753. The summed E-state index contributed by atoms with van der Waals surface area (Å²) in [5.74, 6) is 0.929. The molecule has 1 aliphatic carbocycles. The Kier molecular flexibility index (Phi) is 4.79. The average molecular weight is 324 g/mol. The lowest BCUT2D eigenvalue weighted by Crippen LogP contribution is -2.15. The summed E-state index contributed by atoms with van der Waals surface area (Å²) in [7, 11) is 1.61. The van der Waals surface area contributed by atoms with Crippen molar-refractivity contribution in [2.75, 3.05) is 17.7 Å². The SMILES string of the molecule is COc1ccc(CC(=O)Nc2ccc(NC(=O)C3CC3)cc2)cc1. The minimum atomic E-state index is -0.0880. The number of anilines is 2. The zero-order valence-electron chi connectivity index (χ0n) is 13.5. The third kappa shape index (κ3) is 4.35. The van der Waals surface area contributed by atoms with E-state index in [0.29, 0.717) is 12.1 Å². The molecular formula is C19H20N2O3. The van der Waals surface area contributed by atoms with E-state index in [1.165, 1.54) is 0 Å². The highest BCUT2D eigenvalue weighted by atomic mass is 16.5. The van der Waals surface area contributed by atoms with E-state index in [2.05, 4.69) is 10.6 Å². The van der Waals surface area contributed by atoms with Crippen LogP contribution in [-0.2, 0) is 16.0 Å². The zero-order valence-corrected chi connectivity index (χ0v) is 13.5. The summed E-state index contributed by atoms with van der Waals surface area (Å²) >= 11 is 0. The van der Waals surface area contributed by atoms with E-state index in [-0.39, 0.29) is 17.7 Å². The number of amides is 2. The molecule has 0 unspecified atom stereocenters. The summed E-state index contributed by atoms with van der Waals surface area (Å²) in [6.45, 7) is 0. The van der Waals surface area contributed by atoms with E-state index < -0.39 is 0 Å². The normalized spacial score (nSPS) is 13.2. The summed E-state index contributed by atoms with van der Waals surface area (Å²) in [6, 6.07) is 14.6. The molecule has 3 rings (SSSR count). The fraction of sp³-hybridized carbons (Fsp3) is 0.263. The van der Waals surface area contributed by atoms with Crippen LogP contribution in [0.25, 0.3) is 0 Å². The first-order valence-electron chi connectivity index (χ1n) is 7.98. The van der Waals surface area contributed by atoms with Crippen molar-refractivity contribution >= 4 is 23.2 Å². The maximum atomic E-state index is 12.1. The second-order valence-electron chi connectivity index (χ2n) is 5.91. The van der Waals surface area contributed by atoms with Gasteiger partial charge in [0.05, 0.1) is 13.5 Å². The lowest BCUT2D eigenvalue weighted by Gasteiger charge is -2.08. The molecule has 0 bridgehead atoms. The van der Waals surface area contributed by atoms with Gasteiger partial charge in [0.15, 0.2) is 0 Å². The minimum Gasteiger partial charge on any atom is -0.497 e. The molecule has 0 heterocycles. The van der Waals surface area contributed by atoms with E-state index in [4.69, 9.17) is 4.74 Å². The van der Waals surface area contributed by atoms with Gasteiger partial charge < -0.3 is 15.4 Å². The van der Waals surface area contributed by atoms with Crippen LogP contribution < -0.4 is 15.4 Å². The first kappa shape index (κ1) is 16.1. The maximum Gasteiger partial charge on any atom is 0.228 e. The van der Waals surface area contributed by atoms with E-state index in [1.807, 2.05) is 24.3 Å². The molecule has 1 fully saturated rings. The Hall–Kier alpha value is -2.82. The highest BCUT2D eigenvalue weighted by Gasteiger charge is 2.29. The van der Waals surface area contributed by atoms with Crippen LogP contribution in [0.3, 0.4) is 0 Å². The molecule has 2 aromatic rings. The van der Waals surface area contributed by atoms with Crippen LogP contribution in [0.1, 0.15) is 18.4 Å². The van der Waals surface area contributed by atoms with Gasteiger partial charge in [-0.1, -0.05) is 12.1 Å². The van der Waals surface area contributed by atoms with Crippen molar-refractivity contribution in [2.24, 2.45) is 5.92 Å². The summed E-state index contributed by atoms with van der Waals surface area (Å²) in [5, 5.41) is 5.72. The van der Waals surface area contributed by atoms with Gasteiger partial charge in [0.1, 0.15) is 5.75 Å². The number of ether oxygens (including phenoxy) is 1. The van der Waals surface area contributed by atoms with Crippen molar-refractivity contribution in [1.82, 2.24) is 0 Å². The predicted octanol–water partition coefficient (Wildman–Crippen LogP) is 3.22. The van der Waals surface area contributed by atoms with E-state index in [9.17, 15) is 9.59 Å². The van der Waals surface area contributed by atoms with Crippen LogP contribution in [0.5, 0.6) is 5.75 Å². The summed E-state index contributed by atoms with van der Waals surface area (Å²) < 4.78 is 5.10. The summed E-state index contributed by atoms with van der Waals surface area (Å²) in [4.78, 5) is 23.8. The number of hydrogen-bond acceptors (Lipinski definition) is 3. The Labute approximate surface area is 141 Å². The molecule has 2 aromatic carbocycles. The third-order valence-corrected chi connectivity index (χ3v) is 3.91. The predicted molar refractivity (Wildman–Crippen MR) is 93.1 cm³/mol. The molecule has 0 spiro atoms. The Balaban J connectivity index is 1.52. The number of carbonyl (C=O) groups is 2. The van der Waals surface area contributed by atoms with Crippen molar-refractivity contribution in [3.63, 3.8) is 0 Å². The Morgan fingerprint density at radius 1 is 0.958 bits per heavy atom. The van der Waals surface area contributed by atoms with Crippen LogP contribution in [-0.4, -0.2) is 18.9 Å². The van der Waals surface area contributed by atoms with Crippen molar-refractivity contribution in [2.45, 2.75) is 19.3 Å². The topological polar surface area (TPSA) is 67.4 Å². The van der Waals surface area contributed by atoms with Crippen LogP contribution in [0.15, 0.2) is 48.5 Å². The maximum absolute atomic E-state index is 12.1. The molecule has 124 valence electrons. The largest absolute Gasteiger partial charge is 0.497 e. The fourth-order valence-corrected chi connectivity index (χ4v) is 2.36. The van der Waals surface area contributed by atoms with Gasteiger partial charge in [-0.3, -0.25) is 9.59 Å². The Morgan fingerprint density at radius 3 is 2.08 bits per heavy atom. The molecule has 2 N–H and O–H groups in total. The number of nitrogens with one attached hydrogen (secondary N) is 2. The van der Waals surface area contributed by atoms with Crippen molar-refractivity contribution in [3.05, 3.63) is 54.1 Å². The quantitative estimate of drug-likeness (QED) is 0.857. The second kappa shape index (κ2) is 7.17. The van der Waals surface area contributed by atoms with Gasteiger partial charge in [-0.05, 0) is 54.8 Å². The van der Waals surface area contributed by atoms with Gasteiger partial charge >= 0.3 is 0 Å². The molecular weight excluding hydrogens is 304 g/mol. The smallest absolute Gasteiger partial charge is 0.228 e. The molecule has 2 amide bonds. The highest BCUT2D eigenvalue weighted by Crippen LogP contribution is 2.30. The number of methoxy groups -OCH3 is 1. The number of hydrogen-bond donors (Lipinski definition) is 2. The molecule has 0 aliphatic heterocycles. The van der Waals surface area contributed by atoms with Crippen molar-refractivity contribution in [3.8, 4) is 5.75 Å². The Bertz CT molecular complexity index is 719. The fourth-order valence-electron chi connectivity index (χ4n) is 2.36. The van der Waals surface area contributed by atoms with Gasteiger partial charge in [0.2, 0.25) is 11.8 Å². The highest BCUT2D eigenvalue weighted by molar-refractivity contribution is 5.95. The van der Waals surface area contributed by atoms with Crippen molar-refractivity contribution < 1.29 is 14.3 Å². The standard InChI is InChI=1S/C19H20N2O3/c1-24-17-10-2-13(3-11-17)12-18(22)20-15-6-8-16(9-7-15)21-19(23)14-4-5-14/h2-3,6-11,14H,4-5,12H2,1H3,(H,20,22)(H,21,23). The van der Waals surface area contributed by atoms with E-state index in [0.717, 1.165) is 29.8 Å². The third-order valence-electron chi connectivity index (χ3n) is 3.91. The zero-order chi connectivity index (χ0) is 16.9. The number of carbonyl (C=O) groups excluding carboxylic acids is 2. The van der Waals surface area contributed by atoms with Crippen LogP contribution in [0.2, 0.25) is 0 Å². The molecule has 0 radical (unpaired) electrons. The lowest BCUT2D eigenvalue weighted by atomic mass is 10.1. The van der Waals surface area contributed by atoms with E-state index in [1.54, 1.807) is 31.4 Å². The first-order valence-corrected chi connectivity index (χ1v) is 7.98. The Morgan fingerprint density at radius 2 is 1.54 bits per heavy atom. The second-order valence-corrected chi connectivity index (χ2v) is 5.91. The number of benzene rings is 2. The molecule has 5 heteroatoms. The summed E-state index contributed by atoms with van der Waals surface area (Å²) in [6.07, 6.45) is 2.25. The molecule has 24 heavy (non-hydrogen) atoms. The molecule has 0 aromatic heterocycles. The van der Waals surface area contributed by atoms with Crippen LogP contribution >= 0.6 is 0 Å². The molecule has 0 saturated heterocycles. The summed E-state index contributed by atoms with van der Waals surface area (Å²) in [5.41, 5.74) is 2.37. The van der Waals surface area contributed by atoms with Gasteiger partial charge in [-0.15, -0.1) is 0 Å². The van der Waals surface area contributed by atoms with E-state index >= 15 is 0 Å². The van der Waals surface area contributed by atoms with Gasteiger partial charge in [-0.25, -0.2) is 0 Å². The van der Waals surface area contributed by atoms with Crippen molar-refractivity contribution in [1.29, 1.82) is 0 Å². The van der Waals surface area contributed by atoms with Gasteiger partial charge in [-0.2, -0.15) is 0 Å². The molecule has 0 atom stereocenters. The van der Waals surface area contributed by atoms with Gasteiger partial charge in [0.25, 0.3) is 0 Å². The number of rotatable bonds is 6. The average Bonchev–Trinajstić information content (AvgIpc) is 3.42.